The number of carbonyl (C=O) groups excluding carboxylic acids is 3. The average Bonchev–Trinajstić information content (AvgIpc) is 3.30. The summed E-state index contributed by atoms with van der Waals surface area (Å²) in [5, 5.41) is 9.93. The van der Waals surface area contributed by atoms with Gasteiger partial charge in [0, 0.05) is 30.5 Å². The summed E-state index contributed by atoms with van der Waals surface area (Å²) >= 11 is 0. The van der Waals surface area contributed by atoms with Crippen molar-refractivity contribution in [3.63, 3.8) is 0 Å². The summed E-state index contributed by atoms with van der Waals surface area (Å²) in [5.41, 5.74) is 2.43. The molecule has 4 rings (SSSR count). The first kappa shape index (κ1) is 16.5. The summed E-state index contributed by atoms with van der Waals surface area (Å²) in [6.07, 6.45) is 2.85. The number of aromatic nitrogens is 2. The van der Waals surface area contributed by atoms with E-state index in [1.165, 1.54) is 17.7 Å². The van der Waals surface area contributed by atoms with Crippen molar-refractivity contribution < 1.29 is 14.4 Å². The van der Waals surface area contributed by atoms with Gasteiger partial charge in [-0.25, -0.2) is 0 Å². The standard InChI is InChI=1S/C19H20N4O3/c1-11(19(26)20-16-10-15(21-22-16)13-2-3-13)12-4-6-14(7-5-12)23-17(24)8-9-18(23)25/h4-7,10-11,13H,2-3,8-9H2,1H3,(H2,20,21,22,26). The minimum Gasteiger partial charge on any atom is -0.309 e. The van der Waals surface area contributed by atoms with E-state index in [2.05, 4.69) is 15.5 Å². The van der Waals surface area contributed by atoms with Crippen LogP contribution in [0.5, 0.6) is 0 Å². The first-order valence-corrected chi connectivity index (χ1v) is 8.85. The molecule has 134 valence electrons. The Bertz CT molecular complexity index is 851. The molecule has 2 aromatic rings. The van der Waals surface area contributed by atoms with E-state index in [4.69, 9.17) is 0 Å². The maximum absolute atomic E-state index is 12.5. The van der Waals surface area contributed by atoms with Crippen LogP contribution in [0.3, 0.4) is 0 Å². The highest BCUT2D eigenvalue weighted by Crippen LogP contribution is 2.39. The summed E-state index contributed by atoms with van der Waals surface area (Å²) < 4.78 is 0. The third kappa shape index (κ3) is 3.12. The summed E-state index contributed by atoms with van der Waals surface area (Å²) in [5.74, 6) is 0.190. The zero-order valence-electron chi connectivity index (χ0n) is 14.5. The van der Waals surface area contributed by atoms with Crippen LogP contribution in [0.25, 0.3) is 0 Å². The number of anilines is 2. The Kier molecular flexibility index (Phi) is 4.06. The second-order valence-corrected chi connectivity index (χ2v) is 6.91. The van der Waals surface area contributed by atoms with Gasteiger partial charge in [-0.05, 0) is 37.5 Å². The Labute approximate surface area is 150 Å². The Morgan fingerprint density at radius 3 is 2.46 bits per heavy atom. The summed E-state index contributed by atoms with van der Waals surface area (Å²) in [6.45, 7) is 1.81. The molecule has 2 aliphatic rings. The van der Waals surface area contributed by atoms with Crippen molar-refractivity contribution >= 4 is 29.2 Å². The summed E-state index contributed by atoms with van der Waals surface area (Å²) in [4.78, 5) is 37.3. The number of nitrogens with one attached hydrogen (secondary N) is 2. The van der Waals surface area contributed by atoms with E-state index in [9.17, 15) is 14.4 Å². The van der Waals surface area contributed by atoms with E-state index in [-0.39, 0.29) is 36.5 Å². The number of amides is 3. The van der Waals surface area contributed by atoms with Crippen LogP contribution in [-0.4, -0.2) is 27.9 Å². The van der Waals surface area contributed by atoms with E-state index in [1.807, 2.05) is 13.0 Å². The number of hydrogen-bond donors (Lipinski definition) is 2. The van der Waals surface area contributed by atoms with Crippen LogP contribution < -0.4 is 10.2 Å². The minimum absolute atomic E-state index is 0.153. The van der Waals surface area contributed by atoms with Crippen molar-refractivity contribution in [3.8, 4) is 0 Å². The molecule has 1 atom stereocenters. The van der Waals surface area contributed by atoms with Gasteiger partial charge >= 0.3 is 0 Å². The van der Waals surface area contributed by atoms with Gasteiger partial charge in [0.15, 0.2) is 5.82 Å². The van der Waals surface area contributed by atoms with Crippen LogP contribution in [0.1, 0.15) is 55.7 Å². The van der Waals surface area contributed by atoms with Gasteiger partial charge in [0.05, 0.1) is 11.6 Å². The molecule has 0 radical (unpaired) electrons. The molecule has 7 heteroatoms. The highest BCUT2D eigenvalue weighted by molar-refractivity contribution is 6.19. The number of H-pyrrole nitrogens is 1. The Morgan fingerprint density at radius 2 is 1.85 bits per heavy atom. The first-order chi connectivity index (χ1) is 12.5. The predicted molar refractivity (Wildman–Crippen MR) is 95.8 cm³/mol. The number of hydrogen-bond acceptors (Lipinski definition) is 4. The van der Waals surface area contributed by atoms with Gasteiger partial charge in [-0.15, -0.1) is 0 Å². The maximum Gasteiger partial charge on any atom is 0.234 e. The molecule has 0 spiro atoms. The third-order valence-corrected chi connectivity index (χ3v) is 4.96. The van der Waals surface area contributed by atoms with Gasteiger partial charge in [0.2, 0.25) is 17.7 Å². The quantitative estimate of drug-likeness (QED) is 0.809. The first-order valence-electron chi connectivity index (χ1n) is 8.85. The Balaban J connectivity index is 1.43. The van der Waals surface area contributed by atoms with E-state index in [0.29, 0.717) is 17.4 Å². The molecule has 2 heterocycles. The second kappa shape index (κ2) is 6.40. The van der Waals surface area contributed by atoms with Crippen molar-refractivity contribution in [2.75, 3.05) is 10.2 Å². The average molecular weight is 352 g/mol. The molecule has 1 aliphatic carbocycles. The normalized spacial score (nSPS) is 18.3. The van der Waals surface area contributed by atoms with E-state index in [0.717, 1.165) is 11.3 Å². The highest BCUT2D eigenvalue weighted by Gasteiger charge is 2.30. The summed E-state index contributed by atoms with van der Waals surface area (Å²) in [7, 11) is 0. The van der Waals surface area contributed by atoms with Crippen LogP contribution in [0.2, 0.25) is 0 Å². The smallest absolute Gasteiger partial charge is 0.234 e. The molecule has 1 saturated carbocycles. The third-order valence-electron chi connectivity index (χ3n) is 4.96. The summed E-state index contributed by atoms with van der Waals surface area (Å²) in [6, 6.07) is 8.85. The van der Waals surface area contributed by atoms with Gasteiger partial charge in [0.1, 0.15) is 0 Å². The number of imide groups is 1. The molecule has 3 amide bonds. The van der Waals surface area contributed by atoms with Crippen molar-refractivity contribution in [1.82, 2.24) is 10.2 Å². The SMILES string of the molecule is CC(C(=O)Nc1cc(C2CC2)[nH]n1)c1ccc(N2C(=O)CCC2=O)cc1. The number of aromatic amines is 1. The van der Waals surface area contributed by atoms with Crippen LogP contribution in [0.15, 0.2) is 30.3 Å². The van der Waals surface area contributed by atoms with Crippen LogP contribution in [0.4, 0.5) is 11.5 Å². The Hall–Kier alpha value is -2.96. The molecule has 1 saturated heterocycles. The molecule has 2 N–H and O–H groups in total. The number of benzene rings is 1. The second-order valence-electron chi connectivity index (χ2n) is 6.91. The van der Waals surface area contributed by atoms with Gasteiger partial charge in [0.25, 0.3) is 0 Å². The molecule has 1 unspecified atom stereocenters. The number of nitrogens with zero attached hydrogens (tertiary/aromatic N) is 2. The van der Waals surface area contributed by atoms with Crippen molar-refractivity contribution in [2.45, 2.75) is 44.4 Å². The largest absolute Gasteiger partial charge is 0.309 e. The number of carbonyl (C=O) groups is 3. The molecule has 1 aliphatic heterocycles. The lowest BCUT2D eigenvalue weighted by Gasteiger charge is -2.16. The van der Waals surface area contributed by atoms with Gasteiger partial charge in [-0.2, -0.15) is 5.10 Å². The molecule has 1 aromatic carbocycles. The number of rotatable bonds is 5. The molecule has 2 fully saturated rings. The predicted octanol–water partition coefficient (Wildman–Crippen LogP) is 2.68. The zero-order valence-corrected chi connectivity index (χ0v) is 14.5. The lowest BCUT2D eigenvalue weighted by atomic mass is 10.00. The molecule has 26 heavy (non-hydrogen) atoms. The van der Waals surface area contributed by atoms with E-state index >= 15 is 0 Å². The van der Waals surface area contributed by atoms with Gasteiger partial charge < -0.3 is 5.32 Å². The molecule has 1 aromatic heterocycles. The monoisotopic (exact) mass is 352 g/mol. The fourth-order valence-corrected chi connectivity index (χ4v) is 3.17. The van der Waals surface area contributed by atoms with Crippen LogP contribution in [0, 0.1) is 0 Å². The van der Waals surface area contributed by atoms with Gasteiger partial charge in [-0.3, -0.25) is 24.4 Å². The van der Waals surface area contributed by atoms with Crippen molar-refractivity contribution in [3.05, 3.63) is 41.6 Å². The molecular weight excluding hydrogens is 332 g/mol. The lowest BCUT2D eigenvalue weighted by molar-refractivity contribution is -0.121. The minimum atomic E-state index is -0.380. The van der Waals surface area contributed by atoms with Crippen LogP contribution >= 0.6 is 0 Å². The van der Waals surface area contributed by atoms with Gasteiger partial charge in [-0.1, -0.05) is 12.1 Å². The van der Waals surface area contributed by atoms with Crippen molar-refractivity contribution in [1.29, 1.82) is 0 Å². The Morgan fingerprint density at radius 1 is 1.19 bits per heavy atom. The topological polar surface area (TPSA) is 95.2 Å². The highest BCUT2D eigenvalue weighted by atomic mass is 16.2. The fourth-order valence-electron chi connectivity index (χ4n) is 3.17. The van der Waals surface area contributed by atoms with Crippen LogP contribution in [-0.2, 0) is 14.4 Å². The maximum atomic E-state index is 12.5. The van der Waals surface area contributed by atoms with E-state index < -0.39 is 0 Å². The lowest BCUT2D eigenvalue weighted by Crippen LogP contribution is -2.28. The van der Waals surface area contributed by atoms with E-state index in [1.54, 1.807) is 24.3 Å². The zero-order chi connectivity index (χ0) is 18.3. The van der Waals surface area contributed by atoms with Crippen molar-refractivity contribution in [2.24, 2.45) is 0 Å². The molecule has 0 bridgehead atoms. The molecular formula is C19H20N4O3. The molecule has 7 nitrogen and oxygen atoms in total. The fraction of sp³-hybridized carbons (Fsp3) is 0.368.